The minimum atomic E-state index is -0.961. The molecule has 0 radical (unpaired) electrons. The lowest BCUT2D eigenvalue weighted by molar-refractivity contribution is -0.154. The zero-order valence-corrected chi connectivity index (χ0v) is 16.4. The molecular weight excluding hydrogens is 368 g/mol. The number of terminal acetylenes is 1. The quantitative estimate of drug-likeness (QED) is 0.489. The molecule has 144 valence electrons. The summed E-state index contributed by atoms with van der Waals surface area (Å²) in [5, 5.41) is 0.759. The van der Waals surface area contributed by atoms with Crippen LogP contribution in [-0.4, -0.2) is 32.7 Å². The summed E-state index contributed by atoms with van der Waals surface area (Å²) in [5.41, 5.74) is 5.37. The summed E-state index contributed by atoms with van der Waals surface area (Å²) in [6, 6.07) is 1.81. The number of halogens is 1. The molecule has 0 saturated carbocycles. The molecule has 1 aliphatic heterocycles. The van der Waals surface area contributed by atoms with Crippen molar-refractivity contribution in [1.29, 1.82) is 0 Å². The van der Waals surface area contributed by atoms with Crippen molar-refractivity contribution in [3.63, 3.8) is 0 Å². The number of hydrogen-bond donors (Lipinski definition) is 1. The van der Waals surface area contributed by atoms with Gasteiger partial charge in [0.25, 0.3) is 0 Å². The van der Waals surface area contributed by atoms with Gasteiger partial charge in [-0.2, -0.15) is 4.98 Å². The van der Waals surface area contributed by atoms with Gasteiger partial charge in [0.1, 0.15) is 24.3 Å². The summed E-state index contributed by atoms with van der Waals surface area (Å²) in [6.45, 7) is 5.95. The Morgan fingerprint density at radius 2 is 2.30 bits per heavy atom. The normalized spacial score (nSPS) is 22.7. The molecule has 1 fully saturated rings. The van der Waals surface area contributed by atoms with Crippen molar-refractivity contribution in [2.24, 2.45) is 5.41 Å². The fourth-order valence-corrected chi connectivity index (χ4v) is 3.30. The fraction of sp³-hybridized carbons (Fsp3) is 0.526. The zero-order valence-electron chi connectivity index (χ0n) is 15.7. The van der Waals surface area contributed by atoms with Crippen LogP contribution < -0.4 is 5.73 Å². The molecule has 0 spiro atoms. The highest BCUT2D eigenvalue weighted by Crippen LogP contribution is 2.38. The van der Waals surface area contributed by atoms with E-state index in [4.69, 9.17) is 33.2 Å². The van der Waals surface area contributed by atoms with Gasteiger partial charge in [-0.15, -0.1) is 6.42 Å². The van der Waals surface area contributed by atoms with Gasteiger partial charge >= 0.3 is 5.97 Å². The number of nitrogens with zero attached hydrogens (tertiary/aromatic N) is 3. The van der Waals surface area contributed by atoms with Gasteiger partial charge < -0.3 is 19.8 Å². The van der Waals surface area contributed by atoms with E-state index in [0.717, 1.165) is 0 Å². The molecule has 3 heterocycles. The van der Waals surface area contributed by atoms with E-state index in [1.807, 2.05) is 37.6 Å². The maximum atomic E-state index is 12.0. The van der Waals surface area contributed by atoms with E-state index < -0.39 is 5.60 Å². The predicted molar refractivity (Wildman–Crippen MR) is 103 cm³/mol. The van der Waals surface area contributed by atoms with Crippen LogP contribution >= 0.6 is 11.6 Å². The van der Waals surface area contributed by atoms with Crippen molar-refractivity contribution < 1.29 is 14.3 Å². The minimum absolute atomic E-state index is 0.0198. The molecule has 27 heavy (non-hydrogen) atoms. The van der Waals surface area contributed by atoms with Crippen LogP contribution in [0.4, 0.5) is 5.82 Å². The highest BCUT2D eigenvalue weighted by atomic mass is 35.5. The molecule has 3 rings (SSSR count). The molecule has 7 nitrogen and oxygen atoms in total. The summed E-state index contributed by atoms with van der Waals surface area (Å²) in [6.07, 6.45) is 8.69. The van der Waals surface area contributed by atoms with Gasteiger partial charge in [-0.3, -0.25) is 4.79 Å². The Morgan fingerprint density at radius 3 is 2.96 bits per heavy atom. The van der Waals surface area contributed by atoms with Crippen LogP contribution in [0.2, 0.25) is 5.28 Å². The van der Waals surface area contributed by atoms with E-state index >= 15 is 0 Å². The SMILES string of the molecule is C#C[C@@]1(COC(=O)CC(C)(C)C)CC[C@H](n2ccc3c(N)nc(Cl)nc32)O1. The number of nitrogens with two attached hydrogens (primary N) is 1. The second kappa shape index (κ2) is 7.02. The van der Waals surface area contributed by atoms with Crippen LogP contribution in [0.3, 0.4) is 0 Å². The van der Waals surface area contributed by atoms with Gasteiger partial charge in [-0.1, -0.05) is 26.7 Å². The van der Waals surface area contributed by atoms with Crippen LogP contribution in [0.1, 0.15) is 46.3 Å². The van der Waals surface area contributed by atoms with Crippen LogP contribution in [0, 0.1) is 17.8 Å². The number of esters is 1. The first-order valence-electron chi connectivity index (χ1n) is 8.73. The zero-order chi connectivity index (χ0) is 19.8. The van der Waals surface area contributed by atoms with Crippen molar-refractivity contribution in [3.05, 3.63) is 17.5 Å². The first-order valence-corrected chi connectivity index (χ1v) is 9.11. The van der Waals surface area contributed by atoms with Gasteiger partial charge in [0, 0.05) is 6.20 Å². The number of carbonyl (C=O) groups excluding carboxylic acids is 1. The highest BCUT2D eigenvalue weighted by molar-refractivity contribution is 6.28. The summed E-state index contributed by atoms with van der Waals surface area (Å²) >= 11 is 5.93. The van der Waals surface area contributed by atoms with E-state index in [9.17, 15) is 4.79 Å². The van der Waals surface area contributed by atoms with Crippen molar-refractivity contribution in [2.75, 3.05) is 12.3 Å². The fourth-order valence-electron chi connectivity index (χ4n) is 3.13. The number of nitrogen functional groups attached to an aromatic ring is 1. The third-order valence-corrected chi connectivity index (χ3v) is 4.61. The first kappa shape index (κ1) is 19.5. The molecule has 0 unspecified atom stereocenters. The molecule has 8 heteroatoms. The lowest BCUT2D eigenvalue weighted by Crippen LogP contribution is -2.34. The lowest BCUT2D eigenvalue weighted by atomic mass is 9.92. The summed E-state index contributed by atoms with van der Waals surface area (Å²) in [5.74, 6) is 2.68. The second-order valence-corrected chi connectivity index (χ2v) is 8.32. The van der Waals surface area contributed by atoms with E-state index in [2.05, 4.69) is 15.9 Å². The molecular formula is C19H23ClN4O3. The molecule has 2 N–H and O–H groups in total. The summed E-state index contributed by atoms with van der Waals surface area (Å²) < 4.78 is 13.4. The molecule has 1 aliphatic rings. The smallest absolute Gasteiger partial charge is 0.306 e. The number of hydrogen-bond acceptors (Lipinski definition) is 6. The molecule has 0 aliphatic carbocycles. The number of anilines is 1. The summed E-state index contributed by atoms with van der Waals surface area (Å²) in [4.78, 5) is 20.2. The Morgan fingerprint density at radius 1 is 1.56 bits per heavy atom. The average Bonchev–Trinajstić information content (AvgIpc) is 3.16. The van der Waals surface area contributed by atoms with Crippen molar-refractivity contribution in [1.82, 2.24) is 14.5 Å². The Labute approximate surface area is 163 Å². The number of carbonyl (C=O) groups is 1. The van der Waals surface area contributed by atoms with Crippen LogP contribution in [0.5, 0.6) is 0 Å². The molecule has 1 saturated heterocycles. The van der Waals surface area contributed by atoms with E-state index in [1.54, 1.807) is 0 Å². The van der Waals surface area contributed by atoms with Crippen molar-refractivity contribution in [2.45, 2.75) is 51.9 Å². The van der Waals surface area contributed by atoms with Gasteiger partial charge in [0.15, 0.2) is 5.60 Å². The van der Waals surface area contributed by atoms with E-state index in [0.29, 0.717) is 36.1 Å². The third-order valence-electron chi connectivity index (χ3n) is 4.45. The number of aromatic nitrogens is 3. The van der Waals surface area contributed by atoms with Gasteiger partial charge in [-0.05, 0) is 35.9 Å². The number of fused-ring (bicyclic) bond motifs is 1. The number of rotatable bonds is 4. The highest BCUT2D eigenvalue weighted by Gasteiger charge is 2.41. The Kier molecular flexibility index (Phi) is 5.06. The maximum absolute atomic E-state index is 12.0. The van der Waals surface area contributed by atoms with E-state index in [1.165, 1.54) is 0 Å². The third kappa shape index (κ3) is 4.18. The minimum Gasteiger partial charge on any atom is -0.461 e. The Bertz CT molecular complexity index is 912. The molecule has 0 amide bonds. The van der Waals surface area contributed by atoms with Crippen molar-refractivity contribution >= 4 is 34.4 Å². The summed E-state index contributed by atoms with van der Waals surface area (Å²) in [7, 11) is 0. The first-order chi connectivity index (χ1) is 12.6. The molecule has 2 atom stereocenters. The van der Waals surface area contributed by atoms with Gasteiger partial charge in [0.05, 0.1) is 11.8 Å². The predicted octanol–water partition coefficient (Wildman–Crippen LogP) is 3.33. The van der Waals surface area contributed by atoms with E-state index in [-0.39, 0.29) is 29.5 Å². The molecule has 2 aromatic rings. The average molecular weight is 391 g/mol. The maximum Gasteiger partial charge on any atom is 0.306 e. The van der Waals surface area contributed by atoms with Crippen LogP contribution in [0.25, 0.3) is 11.0 Å². The Balaban J connectivity index is 1.75. The monoisotopic (exact) mass is 390 g/mol. The largest absolute Gasteiger partial charge is 0.461 e. The van der Waals surface area contributed by atoms with Crippen LogP contribution in [-0.2, 0) is 14.3 Å². The van der Waals surface area contributed by atoms with Crippen LogP contribution in [0.15, 0.2) is 12.3 Å². The van der Waals surface area contributed by atoms with Gasteiger partial charge in [-0.25, -0.2) is 4.98 Å². The second-order valence-electron chi connectivity index (χ2n) is 7.99. The van der Waals surface area contributed by atoms with Gasteiger partial charge in [0.2, 0.25) is 5.28 Å². The topological polar surface area (TPSA) is 92.3 Å². The molecule has 0 bridgehead atoms. The molecule has 2 aromatic heterocycles. The number of ether oxygens (including phenoxy) is 2. The molecule has 0 aromatic carbocycles. The Hall–Kier alpha value is -2.30. The standard InChI is InChI=1S/C19H23ClN4O3/c1-5-19(11-26-14(25)10-18(2,3)4)8-6-13(27-19)24-9-7-12-15(21)22-17(20)23-16(12)24/h1,7,9,13H,6,8,10-11H2,2-4H3,(H2,21,22,23)/t13-,19+/m1/s1. The lowest BCUT2D eigenvalue weighted by Gasteiger charge is -2.25. The van der Waals surface area contributed by atoms with Crippen molar-refractivity contribution in [3.8, 4) is 12.3 Å².